The van der Waals surface area contributed by atoms with Crippen molar-refractivity contribution in [3.8, 4) is 0 Å². The summed E-state index contributed by atoms with van der Waals surface area (Å²) in [7, 11) is 0. The first kappa shape index (κ1) is 24.5. The molecule has 4 rings (SSSR count). The second kappa shape index (κ2) is 10.2. The summed E-state index contributed by atoms with van der Waals surface area (Å²) in [6.07, 6.45) is 2.08. The van der Waals surface area contributed by atoms with E-state index in [0.29, 0.717) is 23.7 Å². The van der Waals surface area contributed by atoms with Crippen molar-refractivity contribution in [1.82, 2.24) is 15.0 Å². The number of aryl methyl sites for hydroxylation is 2. The maximum Gasteiger partial charge on any atom is 0.490 e. The average molecular weight is 460 g/mol. The second-order valence-corrected chi connectivity index (χ2v) is 9.30. The van der Waals surface area contributed by atoms with E-state index >= 15 is 0 Å². The van der Waals surface area contributed by atoms with Crippen molar-refractivity contribution >= 4 is 11.9 Å². The lowest BCUT2D eigenvalue weighted by Crippen LogP contribution is -2.39. The van der Waals surface area contributed by atoms with Crippen molar-refractivity contribution in [1.29, 1.82) is 0 Å². The van der Waals surface area contributed by atoms with Gasteiger partial charge >= 0.3 is 12.1 Å². The van der Waals surface area contributed by atoms with Crippen LogP contribution in [0.25, 0.3) is 0 Å². The molecule has 1 saturated carbocycles. The van der Waals surface area contributed by atoms with Crippen molar-refractivity contribution in [3.05, 3.63) is 17.0 Å². The number of likely N-dealkylation sites (tertiary alicyclic amines) is 2. The highest BCUT2D eigenvalue weighted by Crippen LogP contribution is 2.34. The molecule has 1 aliphatic carbocycles. The average Bonchev–Trinajstić information content (AvgIpc) is 3.44. The first-order valence-electron chi connectivity index (χ1n) is 11.3. The Morgan fingerprint density at radius 1 is 1.09 bits per heavy atom. The van der Waals surface area contributed by atoms with Gasteiger partial charge in [0.2, 0.25) is 5.91 Å². The number of carboxylic acid groups (broad SMARTS) is 1. The first-order valence-corrected chi connectivity index (χ1v) is 11.3. The zero-order chi connectivity index (χ0) is 23.5. The summed E-state index contributed by atoms with van der Waals surface area (Å²) >= 11 is 0. The minimum atomic E-state index is -5.08. The van der Waals surface area contributed by atoms with Gasteiger partial charge in [-0.15, -0.1) is 0 Å². The van der Waals surface area contributed by atoms with Crippen molar-refractivity contribution in [3.63, 3.8) is 0 Å². The first-order chi connectivity index (χ1) is 15.0. The number of amides is 1. The van der Waals surface area contributed by atoms with Crippen LogP contribution in [0.1, 0.15) is 55.5 Å². The number of carboxylic acids is 1. The highest BCUT2D eigenvalue weighted by Gasteiger charge is 2.39. The van der Waals surface area contributed by atoms with Crippen LogP contribution in [0.2, 0.25) is 0 Å². The largest absolute Gasteiger partial charge is 0.490 e. The lowest BCUT2D eigenvalue weighted by molar-refractivity contribution is -0.192. The number of nitrogens with zero attached hydrogens (tertiary/aromatic N) is 3. The van der Waals surface area contributed by atoms with Gasteiger partial charge in [-0.1, -0.05) is 18.0 Å². The summed E-state index contributed by atoms with van der Waals surface area (Å²) in [5, 5.41) is 11.2. The summed E-state index contributed by atoms with van der Waals surface area (Å²) in [6.45, 7) is 9.14. The summed E-state index contributed by atoms with van der Waals surface area (Å²) in [5.41, 5.74) is 2.25. The molecular weight excluding hydrogens is 427 g/mol. The highest BCUT2D eigenvalue weighted by atomic mass is 19.4. The van der Waals surface area contributed by atoms with Crippen LogP contribution in [0.4, 0.5) is 13.2 Å². The van der Waals surface area contributed by atoms with E-state index < -0.39 is 12.1 Å². The van der Waals surface area contributed by atoms with Gasteiger partial charge in [0.05, 0.1) is 5.69 Å². The number of aromatic nitrogens is 1. The maximum atomic E-state index is 12.7. The minimum Gasteiger partial charge on any atom is -0.475 e. The zero-order valence-electron chi connectivity index (χ0n) is 18.7. The number of fused-ring (bicyclic) bond motifs is 1. The molecule has 1 amide bonds. The molecule has 1 aromatic heterocycles. The fourth-order valence-corrected chi connectivity index (χ4v) is 5.13. The van der Waals surface area contributed by atoms with Gasteiger partial charge in [-0.3, -0.25) is 9.69 Å². The van der Waals surface area contributed by atoms with Crippen molar-refractivity contribution < 1.29 is 32.4 Å². The quantitative estimate of drug-likeness (QED) is 0.737. The van der Waals surface area contributed by atoms with Gasteiger partial charge in [0.15, 0.2) is 0 Å². The molecule has 1 N–H and O–H groups in total. The van der Waals surface area contributed by atoms with Crippen molar-refractivity contribution in [2.75, 3.05) is 26.2 Å². The molecule has 2 aliphatic heterocycles. The standard InChI is InChI=1S/C20H31N3O2.C2HF3O2/c1-14-19(15(2)25-21-14)13-22-8-7-17-11-23(12-18(17)10-22)20(24)9-16-5-3-4-6-16;3-2(4,5)1(6)7/h16-18H,3-13H2,1-2H3;(H,6,7)/t17-,18+;/m0./s1. The molecule has 10 heteroatoms. The Morgan fingerprint density at radius 2 is 1.72 bits per heavy atom. The van der Waals surface area contributed by atoms with Crippen LogP contribution in [-0.2, 0) is 16.1 Å². The molecule has 1 aromatic rings. The second-order valence-electron chi connectivity index (χ2n) is 9.30. The van der Waals surface area contributed by atoms with Gasteiger partial charge in [0.25, 0.3) is 0 Å². The topological polar surface area (TPSA) is 86.9 Å². The van der Waals surface area contributed by atoms with Crippen molar-refractivity contribution in [2.24, 2.45) is 17.8 Å². The number of hydrogen-bond acceptors (Lipinski definition) is 5. The molecule has 2 saturated heterocycles. The van der Waals surface area contributed by atoms with Crippen LogP contribution in [0.15, 0.2) is 4.52 Å². The molecule has 180 valence electrons. The lowest BCUT2D eigenvalue weighted by Gasteiger charge is -2.34. The molecule has 0 spiro atoms. The van der Waals surface area contributed by atoms with Crippen LogP contribution >= 0.6 is 0 Å². The zero-order valence-corrected chi connectivity index (χ0v) is 18.7. The van der Waals surface area contributed by atoms with E-state index in [2.05, 4.69) is 15.0 Å². The Labute approximate surface area is 185 Å². The van der Waals surface area contributed by atoms with E-state index in [0.717, 1.165) is 50.6 Å². The van der Waals surface area contributed by atoms with Crippen LogP contribution in [0, 0.1) is 31.6 Å². The highest BCUT2D eigenvalue weighted by molar-refractivity contribution is 5.76. The predicted molar refractivity (Wildman–Crippen MR) is 110 cm³/mol. The number of rotatable bonds is 4. The number of aliphatic carboxylic acids is 1. The van der Waals surface area contributed by atoms with Crippen LogP contribution in [0.5, 0.6) is 0 Å². The van der Waals surface area contributed by atoms with Crippen LogP contribution in [-0.4, -0.2) is 64.3 Å². The molecule has 0 aromatic carbocycles. The van der Waals surface area contributed by atoms with E-state index in [1.807, 2.05) is 13.8 Å². The number of carbonyl (C=O) groups is 2. The van der Waals surface area contributed by atoms with E-state index in [1.165, 1.54) is 37.7 Å². The van der Waals surface area contributed by atoms with Gasteiger partial charge < -0.3 is 14.5 Å². The molecule has 0 radical (unpaired) electrons. The Kier molecular flexibility index (Phi) is 7.84. The molecule has 3 fully saturated rings. The molecule has 3 heterocycles. The number of halogens is 3. The number of hydrogen-bond donors (Lipinski definition) is 1. The monoisotopic (exact) mass is 459 g/mol. The SMILES string of the molecule is Cc1noc(C)c1CN1CC[C@H]2CN(C(=O)CC3CCCC3)C[C@H]2C1.O=C(O)C(F)(F)F. The molecule has 32 heavy (non-hydrogen) atoms. The Balaban J connectivity index is 0.000000360. The molecular formula is C22H32F3N3O4. The number of alkyl halides is 3. The summed E-state index contributed by atoms with van der Waals surface area (Å²) in [5.74, 6) is 0.604. The predicted octanol–water partition coefficient (Wildman–Crippen LogP) is 3.79. The fourth-order valence-electron chi connectivity index (χ4n) is 5.13. The van der Waals surface area contributed by atoms with Crippen LogP contribution < -0.4 is 0 Å². The van der Waals surface area contributed by atoms with E-state index in [-0.39, 0.29) is 0 Å². The van der Waals surface area contributed by atoms with E-state index in [4.69, 9.17) is 14.4 Å². The number of piperidine rings is 1. The number of carbonyl (C=O) groups excluding carboxylic acids is 1. The lowest BCUT2D eigenvalue weighted by atomic mass is 9.88. The van der Waals surface area contributed by atoms with E-state index in [1.54, 1.807) is 0 Å². The molecule has 3 aliphatic rings. The maximum absolute atomic E-state index is 12.7. The summed E-state index contributed by atoms with van der Waals surface area (Å²) < 4.78 is 37.0. The molecule has 0 unspecified atom stereocenters. The third-order valence-corrected chi connectivity index (χ3v) is 6.98. The minimum absolute atomic E-state index is 0.415. The van der Waals surface area contributed by atoms with Gasteiger partial charge in [-0.2, -0.15) is 13.2 Å². The Hall–Kier alpha value is -2.10. The van der Waals surface area contributed by atoms with Crippen LogP contribution in [0.3, 0.4) is 0 Å². The van der Waals surface area contributed by atoms with Gasteiger partial charge in [-0.05, 0) is 57.4 Å². The Morgan fingerprint density at radius 3 is 2.28 bits per heavy atom. The molecule has 7 nitrogen and oxygen atoms in total. The van der Waals surface area contributed by atoms with E-state index in [9.17, 15) is 18.0 Å². The van der Waals surface area contributed by atoms with Crippen molar-refractivity contribution in [2.45, 2.75) is 65.1 Å². The third kappa shape index (κ3) is 6.24. The molecule has 2 atom stereocenters. The van der Waals surface area contributed by atoms with Gasteiger partial charge in [0, 0.05) is 38.2 Å². The Bertz CT molecular complexity index is 785. The molecule has 0 bridgehead atoms. The fraction of sp³-hybridized carbons (Fsp3) is 0.773. The van der Waals surface area contributed by atoms with Gasteiger partial charge in [0.1, 0.15) is 5.76 Å². The smallest absolute Gasteiger partial charge is 0.475 e. The normalized spacial score (nSPS) is 24.2. The summed E-state index contributed by atoms with van der Waals surface area (Å²) in [6, 6.07) is 0. The summed E-state index contributed by atoms with van der Waals surface area (Å²) in [4.78, 5) is 26.3. The third-order valence-electron chi connectivity index (χ3n) is 6.98. The van der Waals surface area contributed by atoms with Gasteiger partial charge in [-0.25, -0.2) is 4.79 Å².